The van der Waals surface area contributed by atoms with Gasteiger partial charge in [-0.1, -0.05) is 42.5 Å². The molecule has 3 rings (SSSR count). The lowest BCUT2D eigenvalue weighted by Gasteiger charge is -2.39. The summed E-state index contributed by atoms with van der Waals surface area (Å²) in [7, 11) is 0. The molecular weight excluding hydrogens is 262 g/mol. The third-order valence-electron chi connectivity index (χ3n) is 4.81. The Kier molecular flexibility index (Phi) is 4.39. The predicted octanol–water partition coefficient (Wildman–Crippen LogP) is 2.92. The van der Waals surface area contributed by atoms with Crippen molar-refractivity contribution in [2.45, 2.75) is 31.8 Å². The van der Waals surface area contributed by atoms with Crippen molar-refractivity contribution in [3.05, 3.63) is 48.0 Å². The monoisotopic (exact) mass is 285 g/mol. The number of piperidine rings is 1. The van der Waals surface area contributed by atoms with E-state index in [0.717, 1.165) is 24.9 Å². The zero-order valence-electron chi connectivity index (χ0n) is 12.3. The van der Waals surface area contributed by atoms with Gasteiger partial charge in [-0.25, -0.2) is 0 Å². The molecule has 112 valence electrons. The molecule has 0 aromatic heterocycles. The van der Waals surface area contributed by atoms with E-state index in [0.29, 0.717) is 31.2 Å². The Bertz CT molecular complexity index is 511. The summed E-state index contributed by atoms with van der Waals surface area (Å²) >= 11 is 0. The summed E-state index contributed by atoms with van der Waals surface area (Å²) in [5, 5.41) is 10.2. The Balaban J connectivity index is 1.55. The number of hydrogen-bond donors (Lipinski definition) is 1. The fourth-order valence-electron chi connectivity index (χ4n) is 3.47. The van der Waals surface area contributed by atoms with Crippen molar-refractivity contribution in [3.63, 3.8) is 0 Å². The van der Waals surface area contributed by atoms with Crippen molar-refractivity contribution in [2.75, 3.05) is 13.1 Å². The van der Waals surface area contributed by atoms with Crippen LogP contribution in [-0.2, 0) is 4.79 Å². The highest BCUT2D eigenvalue weighted by Gasteiger charge is 2.33. The Morgan fingerprint density at radius 3 is 2.62 bits per heavy atom. The topological polar surface area (TPSA) is 40.5 Å². The molecule has 1 heterocycles. The number of aliphatic hydroxyl groups excluding tert-OH is 1. The molecule has 1 aromatic carbocycles. The van der Waals surface area contributed by atoms with Crippen LogP contribution < -0.4 is 0 Å². The van der Waals surface area contributed by atoms with Gasteiger partial charge in [-0.2, -0.15) is 0 Å². The molecule has 1 aromatic rings. The summed E-state index contributed by atoms with van der Waals surface area (Å²) in [6.45, 7) is 1.51. The van der Waals surface area contributed by atoms with Crippen LogP contribution in [-0.4, -0.2) is 29.0 Å². The quantitative estimate of drug-likeness (QED) is 0.864. The average Bonchev–Trinajstić information content (AvgIpc) is 2.53. The van der Waals surface area contributed by atoms with E-state index in [4.69, 9.17) is 0 Å². The second kappa shape index (κ2) is 6.44. The third kappa shape index (κ3) is 3.35. The number of hydrogen-bond acceptors (Lipinski definition) is 2. The summed E-state index contributed by atoms with van der Waals surface area (Å²) in [5.41, 5.74) is 0.931. The number of carbonyl (C=O) groups is 1. The smallest absolute Gasteiger partial charge is 0.222 e. The minimum absolute atomic E-state index is 0.256. The van der Waals surface area contributed by atoms with Crippen LogP contribution in [0.25, 0.3) is 0 Å². The molecule has 1 aliphatic heterocycles. The van der Waals surface area contributed by atoms with Crippen molar-refractivity contribution in [1.29, 1.82) is 0 Å². The number of benzene rings is 1. The van der Waals surface area contributed by atoms with Crippen molar-refractivity contribution in [1.82, 2.24) is 4.90 Å². The number of likely N-dealkylation sites (tertiary alicyclic amines) is 1. The first kappa shape index (κ1) is 14.3. The summed E-state index contributed by atoms with van der Waals surface area (Å²) in [4.78, 5) is 14.2. The zero-order valence-corrected chi connectivity index (χ0v) is 12.3. The van der Waals surface area contributed by atoms with Gasteiger partial charge in [-0.05, 0) is 36.7 Å². The Labute approximate surface area is 126 Å². The van der Waals surface area contributed by atoms with E-state index in [2.05, 4.69) is 12.2 Å². The number of carbonyl (C=O) groups excluding carboxylic acids is 1. The summed E-state index contributed by atoms with van der Waals surface area (Å²) in [6, 6.07) is 9.68. The highest BCUT2D eigenvalue weighted by atomic mass is 16.3. The van der Waals surface area contributed by atoms with Crippen LogP contribution in [0.1, 0.15) is 37.4 Å². The van der Waals surface area contributed by atoms with E-state index in [1.54, 1.807) is 0 Å². The van der Waals surface area contributed by atoms with Crippen LogP contribution in [0.3, 0.4) is 0 Å². The molecule has 0 saturated carbocycles. The zero-order chi connectivity index (χ0) is 14.7. The molecule has 0 unspecified atom stereocenters. The first-order valence-corrected chi connectivity index (χ1v) is 7.90. The van der Waals surface area contributed by atoms with E-state index in [1.807, 2.05) is 35.2 Å². The van der Waals surface area contributed by atoms with Gasteiger partial charge in [0.05, 0.1) is 6.10 Å². The van der Waals surface area contributed by atoms with Crippen molar-refractivity contribution >= 4 is 5.91 Å². The van der Waals surface area contributed by atoms with Gasteiger partial charge < -0.3 is 10.0 Å². The molecule has 0 spiro atoms. The van der Waals surface area contributed by atoms with Crippen LogP contribution in [0.15, 0.2) is 42.5 Å². The molecule has 21 heavy (non-hydrogen) atoms. The second-order valence-electron chi connectivity index (χ2n) is 6.22. The van der Waals surface area contributed by atoms with E-state index in [1.165, 1.54) is 0 Å². The molecule has 2 aliphatic rings. The number of amides is 1. The number of aliphatic hydroxyl groups is 1. The molecular formula is C18H23NO2. The predicted molar refractivity (Wildman–Crippen MR) is 82.6 cm³/mol. The average molecular weight is 285 g/mol. The molecule has 1 saturated heterocycles. The fraction of sp³-hybridized carbons (Fsp3) is 0.500. The van der Waals surface area contributed by atoms with E-state index < -0.39 is 6.10 Å². The Morgan fingerprint density at radius 2 is 1.86 bits per heavy atom. The van der Waals surface area contributed by atoms with Gasteiger partial charge in [0, 0.05) is 19.5 Å². The van der Waals surface area contributed by atoms with E-state index in [-0.39, 0.29) is 5.91 Å². The lowest BCUT2D eigenvalue weighted by Crippen LogP contribution is -2.45. The Morgan fingerprint density at radius 1 is 1.14 bits per heavy atom. The maximum absolute atomic E-state index is 12.2. The van der Waals surface area contributed by atoms with Crippen LogP contribution in [0.4, 0.5) is 0 Å². The summed E-state index contributed by atoms with van der Waals surface area (Å²) in [5.74, 6) is 1.41. The van der Waals surface area contributed by atoms with Gasteiger partial charge >= 0.3 is 0 Å². The number of fused-ring (bicyclic) bond motifs is 1. The maximum atomic E-state index is 12.2. The van der Waals surface area contributed by atoms with Crippen molar-refractivity contribution in [2.24, 2.45) is 11.8 Å². The number of nitrogens with zero attached hydrogens (tertiary/aromatic N) is 1. The van der Waals surface area contributed by atoms with Crippen molar-refractivity contribution < 1.29 is 9.90 Å². The molecule has 0 bridgehead atoms. The first-order chi connectivity index (χ1) is 10.2. The molecule has 3 heteroatoms. The van der Waals surface area contributed by atoms with Gasteiger partial charge in [0.2, 0.25) is 5.91 Å². The van der Waals surface area contributed by atoms with Crippen LogP contribution in [0.5, 0.6) is 0 Å². The van der Waals surface area contributed by atoms with Gasteiger partial charge in [0.15, 0.2) is 0 Å². The fourth-order valence-corrected chi connectivity index (χ4v) is 3.47. The molecule has 1 fully saturated rings. The molecule has 3 nitrogen and oxygen atoms in total. The normalized spacial score (nSPS) is 26.5. The third-order valence-corrected chi connectivity index (χ3v) is 4.81. The van der Waals surface area contributed by atoms with E-state index >= 15 is 0 Å². The lowest BCUT2D eigenvalue weighted by atomic mass is 9.78. The largest absolute Gasteiger partial charge is 0.388 e. The molecule has 1 N–H and O–H groups in total. The van der Waals surface area contributed by atoms with Gasteiger partial charge in [0.1, 0.15) is 0 Å². The molecule has 3 atom stereocenters. The highest BCUT2D eigenvalue weighted by Crippen LogP contribution is 2.33. The SMILES string of the molecule is O=C1C[C@H]2CC=CC[C@H]2CN1CC[C@@H](O)c1ccccc1. The van der Waals surface area contributed by atoms with Gasteiger partial charge in [-0.3, -0.25) is 4.79 Å². The van der Waals surface area contributed by atoms with Gasteiger partial charge in [-0.15, -0.1) is 0 Å². The number of rotatable bonds is 4. The van der Waals surface area contributed by atoms with Crippen molar-refractivity contribution in [3.8, 4) is 0 Å². The first-order valence-electron chi connectivity index (χ1n) is 7.90. The molecule has 0 radical (unpaired) electrons. The number of allylic oxidation sites excluding steroid dienone is 2. The summed E-state index contributed by atoms with van der Waals surface area (Å²) in [6.07, 6.45) is 7.41. The molecule has 1 amide bonds. The van der Waals surface area contributed by atoms with E-state index in [9.17, 15) is 9.90 Å². The lowest BCUT2D eigenvalue weighted by molar-refractivity contribution is -0.137. The Hall–Kier alpha value is -1.61. The second-order valence-corrected chi connectivity index (χ2v) is 6.22. The molecule has 1 aliphatic carbocycles. The maximum Gasteiger partial charge on any atom is 0.222 e. The van der Waals surface area contributed by atoms with Crippen LogP contribution in [0, 0.1) is 11.8 Å². The minimum Gasteiger partial charge on any atom is -0.388 e. The standard InChI is InChI=1S/C18H23NO2/c20-17(14-6-2-1-3-7-14)10-11-19-13-16-9-5-4-8-15(16)12-18(19)21/h1-7,15-17,20H,8-13H2/t15-,16+,17-/m1/s1. The van der Waals surface area contributed by atoms with Crippen LogP contribution >= 0.6 is 0 Å². The minimum atomic E-state index is -0.483. The highest BCUT2D eigenvalue weighted by molar-refractivity contribution is 5.77. The van der Waals surface area contributed by atoms with Crippen LogP contribution in [0.2, 0.25) is 0 Å². The van der Waals surface area contributed by atoms with Gasteiger partial charge in [0.25, 0.3) is 0 Å². The summed E-state index contributed by atoms with van der Waals surface area (Å²) < 4.78 is 0.